The average Bonchev–Trinajstić information content (AvgIpc) is 2.45. The van der Waals surface area contributed by atoms with Crippen molar-refractivity contribution in [1.29, 1.82) is 0 Å². The highest BCUT2D eigenvalue weighted by atomic mass is 16.6. The molecule has 2 atom stereocenters. The summed E-state index contributed by atoms with van der Waals surface area (Å²) in [5, 5.41) is 0. The number of hydrogen-bond acceptors (Lipinski definition) is 5. The molecule has 0 aromatic heterocycles. The Kier molecular flexibility index (Phi) is 5.01. The molecule has 2 unspecified atom stereocenters. The molecule has 1 aromatic carbocycles. The Hall–Kier alpha value is -1.30. The van der Waals surface area contributed by atoms with Gasteiger partial charge < -0.3 is 14.2 Å². The molecule has 0 radical (unpaired) electrons. The van der Waals surface area contributed by atoms with Gasteiger partial charge in [0.05, 0.1) is 0 Å². The second kappa shape index (κ2) is 6.75. The highest BCUT2D eigenvalue weighted by Crippen LogP contribution is 2.34. The predicted octanol–water partition coefficient (Wildman–Crippen LogP) is 1.63. The normalized spacial score (nSPS) is 17.0. The van der Waals surface area contributed by atoms with Gasteiger partial charge in [-0.15, -0.1) is 0 Å². The first kappa shape index (κ1) is 14.1. The van der Waals surface area contributed by atoms with Gasteiger partial charge in [-0.25, -0.2) is 0 Å². The molecule has 5 heteroatoms. The molecule has 0 fully saturated rings. The number of benzene rings is 1. The molecular weight excluding hydrogens is 244 g/mol. The minimum atomic E-state index is 0.0750. The molecule has 0 aliphatic carbocycles. The Morgan fingerprint density at radius 1 is 1.32 bits per heavy atom. The van der Waals surface area contributed by atoms with Crippen molar-refractivity contribution in [2.24, 2.45) is 11.8 Å². The standard InChI is InChI=1S/C14H22N2O3/c1-10(5-6-17-2)14(16-15)11-3-4-12-13(9-11)19-8-7-18-12/h3-4,9-10,14,16H,5-8,15H2,1-2H3. The second-order valence-corrected chi connectivity index (χ2v) is 4.81. The molecule has 0 spiro atoms. The summed E-state index contributed by atoms with van der Waals surface area (Å²) < 4.78 is 16.2. The van der Waals surface area contributed by atoms with Gasteiger partial charge in [-0.05, 0) is 30.0 Å². The third-order valence-corrected chi connectivity index (χ3v) is 3.45. The van der Waals surface area contributed by atoms with Gasteiger partial charge in [-0.2, -0.15) is 0 Å². The van der Waals surface area contributed by atoms with Gasteiger partial charge in [0.15, 0.2) is 11.5 Å². The summed E-state index contributed by atoms with van der Waals surface area (Å²) in [6.45, 7) is 4.08. The van der Waals surface area contributed by atoms with Gasteiger partial charge in [0.2, 0.25) is 0 Å². The number of fused-ring (bicyclic) bond motifs is 1. The summed E-state index contributed by atoms with van der Waals surface area (Å²) >= 11 is 0. The molecule has 0 saturated heterocycles. The van der Waals surface area contributed by atoms with E-state index in [-0.39, 0.29) is 6.04 Å². The third kappa shape index (κ3) is 3.37. The first-order valence-corrected chi connectivity index (χ1v) is 6.61. The van der Waals surface area contributed by atoms with Crippen LogP contribution in [0.4, 0.5) is 0 Å². The fourth-order valence-electron chi connectivity index (χ4n) is 2.31. The van der Waals surface area contributed by atoms with Crippen LogP contribution in [0.2, 0.25) is 0 Å². The van der Waals surface area contributed by atoms with Crippen LogP contribution in [0.1, 0.15) is 24.9 Å². The number of hydrogen-bond donors (Lipinski definition) is 2. The zero-order valence-electron chi connectivity index (χ0n) is 11.5. The summed E-state index contributed by atoms with van der Waals surface area (Å²) in [6, 6.07) is 6.05. The van der Waals surface area contributed by atoms with E-state index in [1.165, 1.54) is 0 Å². The lowest BCUT2D eigenvalue weighted by atomic mass is 9.92. The maximum absolute atomic E-state index is 5.69. The molecule has 0 saturated carbocycles. The van der Waals surface area contributed by atoms with Crippen LogP contribution >= 0.6 is 0 Å². The number of nitrogens with one attached hydrogen (secondary N) is 1. The fraction of sp³-hybridized carbons (Fsp3) is 0.571. The van der Waals surface area contributed by atoms with Crippen LogP contribution in [0.5, 0.6) is 11.5 Å². The van der Waals surface area contributed by atoms with Crippen molar-refractivity contribution in [2.75, 3.05) is 26.9 Å². The van der Waals surface area contributed by atoms with Gasteiger partial charge in [0.1, 0.15) is 13.2 Å². The minimum absolute atomic E-state index is 0.0750. The van der Waals surface area contributed by atoms with Gasteiger partial charge in [-0.3, -0.25) is 11.3 Å². The minimum Gasteiger partial charge on any atom is -0.486 e. The molecule has 19 heavy (non-hydrogen) atoms. The number of rotatable bonds is 6. The van der Waals surface area contributed by atoms with Crippen LogP contribution in [0, 0.1) is 5.92 Å². The van der Waals surface area contributed by atoms with Crippen molar-refractivity contribution in [3.05, 3.63) is 23.8 Å². The number of nitrogens with two attached hydrogens (primary N) is 1. The summed E-state index contributed by atoms with van der Waals surface area (Å²) in [6.07, 6.45) is 0.944. The topological polar surface area (TPSA) is 65.7 Å². The molecular formula is C14H22N2O3. The van der Waals surface area contributed by atoms with E-state index in [1.54, 1.807) is 7.11 Å². The van der Waals surface area contributed by atoms with Gasteiger partial charge in [0.25, 0.3) is 0 Å². The van der Waals surface area contributed by atoms with Gasteiger partial charge in [-0.1, -0.05) is 13.0 Å². The number of hydrazine groups is 1. The van der Waals surface area contributed by atoms with E-state index >= 15 is 0 Å². The van der Waals surface area contributed by atoms with Gasteiger partial charge >= 0.3 is 0 Å². The molecule has 1 aromatic rings. The molecule has 1 heterocycles. The molecule has 106 valence electrons. The molecule has 1 aliphatic heterocycles. The second-order valence-electron chi connectivity index (χ2n) is 4.81. The summed E-state index contributed by atoms with van der Waals surface area (Å²) in [5.41, 5.74) is 3.99. The predicted molar refractivity (Wildman–Crippen MR) is 73.2 cm³/mol. The Morgan fingerprint density at radius 2 is 2.05 bits per heavy atom. The average molecular weight is 266 g/mol. The van der Waals surface area contributed by atoms with Crippen molar-refractivity contribution in [3.63, 3.8) is 0 Å². The smallest absolute Gasteiger partial charge is 0.161 e. The summed E-state index contributed by atoms with van der Waals surface area (Å²) in [7, 11) is 1.71. The van der Waals surface area contributed by atoms with Crippen molar-refractivity contribution in [1.82, 2.24) is 5.43 Å². The number of ether oxygens (including phenoxy) is 3. The molecule has 2 rings (SSSR count). The van der Waals surface area contributed by atoms with Gasteiger partial charge in [0, 0.05) is 19.8 Å². The van der Waals surface area contributed by atoms with E-state index in [2.05, 4.69) is 12.3 Å². The highest BCUT2D eigenvalue weighted by Gasteiger charge is 2.20. The Morgan fingerprint density at radius 3 is 2.74 bits per heavy atom. The molecule has 1 aliphatic rings. The Labute approximate surface area is 114 Å². The Bertz CT molecular complexity index is 412. The quantitative estimate of drug-likeness (QED) is 0.605. The van der Waals surface area contributed by atoms with Crippen molar-refractivity contribution >= 4 is 0 Å². The molecule has 3 N–H and O–H groups in total. The summed E-state index contributed by atoms with van der Waals surface area (Å²) in [4.78, 5) is 0. The highest BCUT2D eigenvalue weighted by molar-refractivity contribution is 5.44. The van der Waals surface area contributed by atoms with Crippen molar-refractivity contribution < 1.29 is 14.2 Å². The van der Waals surface area contributed by atoms with Crippen LogP contribution in [0.3, 0.4) is 0 Å². The van der Waals surface area contributed by atoms with Crippen LogP contribution < -0.4 is 20.7 Å². The largest absolute Gasteiger partial charge is 0.486 e. The van der Waals surface area contributed by atoms with E-state index in [0.29, 0.717) is 19.1 Å². The number of methoxy groups -OCH3 is 1. The van der Waals surface area contributed by atoms with Crippen LogP contribution in [-0.4, -0.2) is 26.9 Å². The van der Waals surface area contributed by atoms with E-state index in [9.17, 15) is 0 Å². The maximum atomic E-state index is 5.69. The maximum Gasteiger partial charge on any atom is 0.161 e. The van der Waals surface area contributed by atoms with E-state index in [1.807, 2.05) is 18.2 Å². The Balaban J connectivity index is 2.13. The summed E-state index contributed by atoms with van der Waals surface area (Å²) in [5.74, 6) is 7.65. The van der Waals surface area contributed by atoms with E-state index < -0.39 is 0 Å². The SMILES string of the molecule is COCCC(C)C(NN)c1ccc2c(c1)OCCO2. The fourth-order valence-corrected chi connectivity index (χ4v) is 2.31. The molecule has 5 nitrogen and oxygen atoms in total. The van der Waals surface area contributed by atoms with Crippen LogP contribution in [0.25, 0.3) is 0 Å². The first-order valence-electron chi connectivity index (χ1n) is 6.61. The molecule has 0 amide bonds. The van der Waals surface area contributed by atoms with Crippen LogP contribution in [-0.2, 0) is 4.74 Å². The monoisotopic (exact) mass is 266 g/mol. The van der Waals surface area contributed by atoms with E-state index in [4.69, 9.17) is 20.1 Å². The lowest BCUT2D eigenvalue weighted by molar-refractivity contribution is 0.167. The van der Waals surface area contributed by atoms with Crippen LogP contribution in [0.15, 0.2) is 18.2 Å². The first-order chi connectivity index (χ1) is 9.26. The third-order valence-electron chi connectivity index (χ3n) is 3.45. The van der Waals surface area contributed by atoms with Crippen molar-refractivity contribution in [3.8, 4) is 11.5 Å². The van der Waals surface area contributed by atoms with Crippen molar-refractivity contribution in [2.45, 2.75) is 19.4 Å². The molecule has 0 bridgehead atoms. The lowest BCUT2D eigenvalue weighted by Gasteiger charge is -2.25. The van der Waals surface area contributed by atoms with E-state index in [0.717, 1.165) is 30.1 Å². The zero-order valence-corrected chi connectivity index (χ0v) is 11.5. The zero-order chi connectivity index (χ0) is 13.7. The lowest BCUT2D eigenvalue weighted by Crippen LogP contribution is -2.33.